The molecule has 4 rings (SSSR count). The molecule has 222 valence electrons. The van der Waals surface area contributed by atoms with Crippen LogP contribution in [0, 0.1) is 6.92 Å². The molecule has 9 nitrogen and oxygen atoms in total. The summed E-state index contributed by atoms with van der Waals surface area (Å²) in [6.45, 7) is 6.96. The van der Waals surface area contributed by atoms with Crippen molar-refractivity contribution in [2.24, 2.45) is 0 Å². The Hall–Kier alpha value is -4.24. The number of amides is 3. The third-order valence-corrected chi connectivity index (χ3v) is 7.10. The molecule has 3 aromatic carbocycles. The Kier molecular flexibility index (Phi) is 9.31. The van der Waals surface area contributed by atoms with Crippen LogP contribution in [0.25, 0.3) is 0 Å². The molecule has 3 amide bonds. The summed E-state index contributed by atoms with van der Waals surface area (Å²) in [4.78, 5) is 42.8. The number of aryl methyl sites for hydroxylation is 1. The number of benzene rings is 3. The second-order valence-electron chi connectivity index (χ2n) is 11.4. The molecule has 10 heteroatoms. The molecule has 0 spiro atoms. The van der Waals surface area contributed by atoms with E-state index in [2.05, 4.69) is 10.6 Å². The highest BCUT2D eigenvalue weighted by molar-refractivity contribution is 6.34. The Balaban J connectivity index is 1.75. The molecular weight excluding hydrogens is 558 g/mol. The fourth-order valence-corrected chi connectivity index (χ4v) is 4.96. The van der Waals surface area contributed by atoms with Gasteiger partial charge in [-0.25, -0.2) is 4.79 Å². The number of aromatic hydroxyl groups is 2. The van der Waals surface area contributed by atoms with Gasteiger partial charge in [0.15, 0.2) is 0 Å². The number of carbonyl (C=O) groups is 3. The Morgan fingerprint density at radius 2 is 1.67 bits per heavy atom. The first-order valence-corrected chi connectivity index (χ1v) is 14.2. The molecule has 1 aliphatic carbocycles. The minimum Gasteiger partial charge on any atom is -0.508 e. The van der Waals surface area contributed by atoms with Gasteiger partial charge >= 0.3 is 6.09 Å². The molecule has 2 atom stereocenters. The Labute approximate surface area is 250 Å². The number of hydrogen-bond acceptors (Lipinski definition) is 6. The number of rotatable bonds is 9. The van der Waals surface area contributed by atoms with E-state index in [4.69, 9.17) is 16.3 Å². The second-order valence-corrected chi connectivity index (χ2v) is 11.8. The maximum Gasteiger partial charge on any atom is 0.408 e. The minimum absolute atomic E-state index is 0.0625. The van der Waals surface area contributed by atoms with Crippen LogP contribution in [0.2, 0.25) is 5.02 Å². The van der Waals surface area contributed by atoms with E-state index in [0.717, 1.165) is 5.56 Å². The molecule has 1 saturated carbocycles. The van der Waals surface area contributed by atoms with Gasteiger partial charge < -0.3 is 30.5 Å². The van der Waals surface area contributed by atoms with Gasteiger partial charge in [-0.15, -0.1) is 0 Å². The predicted molar refractivity (Wildman–Crippen MR) is 161 cm³/mol. The number of hydrogen-bond donors (Lipinski definition) is 4. The van der Waals surface area contributed by atoms with Crippen molar-refractivity contribution in [2.45, 2.75) is 70.7 Å². The van der Waals surface area contributed by atoms with Crippen molar-refractivity contribution < 1.29 is 29.3 Å². The second kappa shape index (κ2) is 12.7. The molecular formula is C32H36ClN3O6. The predicted octanol–water partition coefficient (Wildman–Crippen LogP) is 5.87. The number of ether oxygens (including phenoxy) is 1. The molecule has 1 fully saturated rings. The average molecular weight is 594 g/mol. The number of alkyl carbamates (subject to hydrolysis) is 1. The monoisotopic (exact) mass is 593 g/mol. The molecule has 0 heterocycles. The summed E-state index contributed by atoms with van der Waals surface area (Å²) in [7, 11) is 0. The number of phenolic OH excluding ortho intramolecular Hbond substituents is 2. The number of para-hydroxylation sites is 2. The topological polar surface area (TPSA) is 128 Å². The zero-order valence-corrected chi connectivity index (χ0v) is 24.8. The zero-order chi connectivity index (χ0) is 30.6. The van der Waals surface area contributed by atoms with Gasteiger partial charge in [-0.05, 0) is 75.9 Å². The van der Waals surface area contributed by atoms with E-state index in [9.17, 15) is 24.6 Å². The van der Waals surface area contributed by atoms with Crippen molar-refractivity contribution in [3.05, 3.63) is 88.4 Å². The average Bonchev–Trinajstić information content (AvgIpc) is 3.74. The molecule has 42 heavy (non-hydrogen) atoms. The quantitative estimate of drug-likeness (QED) is 0.246. The Bertz CT molecular complexity index is 1430. The van der Waals surface area contributed by atoms with Gasteiger partial charge in [-0.2, -0.15) is 0 Å². The fourth-order valence-electron chi connectivity index (χ4n) is 4.69. The zero-order valence-electron chi connectivity index (χ0n) is 24.1. The van der Waals surface area contributed by atoms with Crippen molar-refractivity contribution in [1.82, 2.24) is 10.2 Å². The molecule has 0 aliphatic heterocycles. The number of nitrogens with zero attached hydrogens (tertiary/aromatic N) is 1. The van der Waals surface area contributed by atoms with Crippen molar-refractivity contribution in [1.29, 1.82) is 0 Å². The molecule has 0 bridgehead atoms. The lowest BCUT2D eigenvalue weighted by atomic mass is 9.99. The number of nitrogens with one attached hydrogen (secondary N) is 2. The van der Waals surface area contributed by atoms with E-state index in [1.165, 1.54) is 23.1 Å². The number of carbonyl (C=O) groups excluding carboxylic acids is 3. The van der Waals surface area contributed by atoms with Crippen LogP contribution in [-0.2, 0) is 20.7 Å². The van der Waals surface area contributed by atoms with Gasteiger partial charge in [0, 0.05) is 18.0 Å². The maximum absolute atomic E-state index is 14.4. The standard InChI is InChI=1S/C32H36ClN3O6/c1-19-8-7-10-24(33)27(19)35-29(39)28(23-9-5-6-11-26(23)38)36(21-14-15-21)30(40)25(34-31(41)42-32(2,3)4)18-20-12-16-22(37)17-13-20/h5-13,16-17,21,25,28,37-38H,14-15,18H2,1-4H3,(H,34,41)(H,35,39). The van der Waals surface area contributed by atoms with Crippen molar-refractivity contribution >= 4 is 35.2 Å². The molecule has 0 aromatic heterocycles. The summed E-state index contributed by atoms with van der Waals surface area (Å²) in [5, 5.41) is 26.5. The van der Waals surface area contributed by atoms with E-state index in [0.29, 0.717) is 29.1 Å². The largest absolute Gasteiger partial charge is 0.508 e. The van der Waals surface area contributed by atoms with Crippen LogP contribution in [-0.4, -0.2) is 50.7 Å². The smallest absolute Gasteiger partial charge is 0.408 e. The van der Waals surface area contributed by atoms with E-state index >= 15 is 0 Å². The van der Waals surface area contributed by atoms with E-state index in [-0.39, 0.29) is 29.5 Å². The normalized spacial score (nSPS) is 14.4. The summed E-state index contributed by atoms with van der Waals surface area (Å²) >= 11 is 6.41. The van der Waals surface area contributed by atoms with E-state index in [1.807, 2.05) is 0 Å². The molecule has 4 N–H and O–H groups in total. The third kappa shape index (κ3) is 7.73. The van der Waals surface area contributed by atoms with Crippen LogP contribution in [0.5, 0.6) is 11.5 Å². The van der Waals surface area contributed by atoms with Crippen LogP contribution in [0.1, 0.15) is 56.3 Å². The van der Waals surface area contributed by atoms with Crippen molar-refractivity contribution in [3.8, 4) is 11.5 Å². The summed E-state index contributed by atoms with van der Waals surface area (Å²) in [5.41, 5.74) is 1.24. The van der Waals surface area contributed by atoms with Crippen LogP contribution >= 0.6 is 11.6 Å². The number of anilines is 1. The van der Waals surface area contributed by atoms with E-state index < -0.39 is 35.6 Å². The van der Waals surface area contributed by atoms with Crippen LogP contribution in [0.4, 0.5) is 10.5 Å². The lowest BCUT2D eigenvalue weighted by Crippen LogP contribution is -2.54. The van der Waals surface area contributed by atoms with Gasteiger partial charge in [0.05, 0.1) is 10.7 Å². The van der Waals surface area contributed by atoms with Gasteiger partial charge in [0.2, 0.25) is 5.91 Å². The van der Waals surface area contributed by atoms with Crippen molar-refractivity contribution in [3.63, 3.8) is 0 Å². The highest BCUT2D eigenvalue weighted by Crippen LogP contribution is 2.39. The third-order valence-electron chi connectivity index (χ3n) is 6.79. The molecule has 1 aliphatic rings. The van der Waals surface area contributed by atoms with Gasteiger partial charge in [-0.1, -0.05) is 54.1 Å². The molecule has 2 unspecified atom stereocenters. The first-order valence-electron chi connectivity index (χ1n) is 13.8. The minimum atomic E-state index is -1.23. The Morgan fingerprint density at radius 1 is 1.00 bits per heavy atom. The SMILES string of the molecule is Cc1cccc(Cl)c1NC(=O)C(c1ccccc1O)N(C(=O)C(Cc1ccc(O)cc1)NC(=O)OC(C)(C)C)C1CC1. The molecule has 0 saturated heterocycles. The van der Waals surface area contributed by atoms with Crippen LogP contribution in [0.3, 0.4) is 0 Å². The van der Waals surface area contributed by atoms with E-state index in [1.54, 1.807) is 76.2 Å². The van der Waals surface area contributed by atoms with Crippen LogP contribution in [0.15, 0.2) is 66.7 Å². The lowest BCUT2D eigenvalue weighted by Gasteiger charge is -2.35. The van der Waals surface area contributed by atoms with Crippen LogP contribution < -0.4 is 10.6 Å². The first kappa shape index (κ1) is 30.7. The highest BCUT2D eigenvalue weighted by Gasteiger charge is 2.45. The Morgan fingerprint density at radius 3 is 2.26 bits per heavy atom. The fraction of sp³-hybridized carbons (Fsp3) is 0.344. The lowest BCUT2D eigenvalue weighted by molar-refractivity contribution is -0.141. The summed E-state index contributed by atoms with van der Waals surface area (Å²) in [5.74, 6) is -1.17. The summed E-state index contributed by atoms with van der Waals surface area (Å²) < 4.78 is 5.45. The maximum atomic E-state index is 14.4. The number of phenols is 2. The summed E-state index contributed by atoms with van der Waals surface area (Å²) in [6.07, 6.45) is 0.574. The van der Waals surface area contributed by atoms with Gasteiger partial charge in [-0.3, -0.25) is 9.59 Å². The van der Waals surface area contributed by atoms with Gasteiger partial charge in [0.25, 0.3) is 5.91 Å². The van der Waals surface area contributed by atoms with Gasteiger partial charge in [0.1, 0.15) is 29.2 Å². The number of halogens is 1. The highest BCUT2D eigenvalue weighted by atomic mass is 35.5. The molecule has 0 radical (unpaired) electrons. The molecule has 3 aromatic rings. The first-order chi connectivity index (χ1) is 19.8. The van der Waals surface area contributed by atoms with Crippen molar-refractivity contribution in [2.75, 3.05) is 5.32 Å². The summed E-state index contributed by atoms with van der Waals surface area (Å²) in [6, 6.07) is 15.2.